The molecular weight excluding hydrogens is 789 g/mol. The number of hydrogen-bond acceptors (Lipinski definition) is 5. The van der Waals surface area contributed by atoms with E-state index in [0.29, 0.717) is 25.9 Å². The molecule has 1 atom stereocenters. The first-order chi connectivity index (χ1) is 31.6. The Kier molecular flexibility index (Phi) is 51.5. The fourth-order valence-electron chi connectivity index (χ4n) is 7.22. The third-order valence-corrected chi connectivity index (χ3v) is 11.1. The fraction of sp³-hybridized carbons (Fsp3) is 0.695. The lowest BCUT2D eigenvalue weighted by molar-refractivity contribution is -0.162. The van der Waals surface area contributed by atoms with Crippen molar-refractivity contribution in [1.82, 2.24) is 0 Å². The van der Waals surface area contributed by atoms with E-state index in [1.165, 1.54) is 109 Å². The summed E-state index contributed by atoms with van der Waals surface area (Å²) in [7, 11) is 0. The van der Waals surface area contributed by atoms with Gasteiger partial charge in [-0.2, -0.15) is 0 Å². The van der Waals surface area contributed by atoms with E-state index in [1.807, 2.05) is 6.08 Å². The minimum Gasteiger partial charge on any atom is -0.462 e. The van der Waals surface area contributed by atoms with E-state index in [2.05, 4.69) is 112 Å². The quantitative estimate of drug-likeness (QED) is 0.0346. The summed E-state index contributed by atoms with van der Waals surface area (Å²) < 4.78 is 17.3. The van der Waals surface area contributed by atoms with Gasteiger partial charge in [-0.25, -0.2) is 0 Å². The maximum Gasteiger partial charge on any atom is 0.306 e. The Morgan fingerprint density at radius 3 is 1.19 bits per heavy atom. The Bertz CT molecular complexity index is 1230. The van der Waals surface area contributed by atoms with Crippen LogP contribution in [0.15, 0.2) is 97.2 Å². The molecule has 0 heterocycles. The number of carbonyl (C=O) groups excluding carboxylic acids is 2. The molecule has 0 aromatic carbocycles. The Labute approximate surface area is 396 Å². The summed E-state index contributed by atoms with van der Waals surface area (Å²) in [5.41, 5.74) is 0. The van der Waals surface area contributed by atoms with E-state index in [-0.39, 0.29) is 25.2 Å². The fourth-order valence-corrected chi connectivity index (χ4v) is 7.22. The molecule has 0 spiro atoms. The highest BCUT2D eigenvalue weighted by molar-refractivity contribution is 5.70. The van der Waals surface area contributed by atoms with Gasteiger partial charge in [-0.15, -0.1) is 0 Å². The molecular formula is C59H100O5. The molecule has 64 heavy (non-hydrogen) atoms. The van der Waals surface area contributed by atoms with Crippen molar-refractivity contribution in [3.63, 3.8) is 0 Å². The molecule has 0 bridgehead atoms. The smallest absolute Gasteiger partial charge is 0.306 e. The van der Waals surface area contributed by atoms with E-state index in [9.17, 15) is 9.59 Å². The van der Waals surface area contributed by atoms with Gasteiger partial charge >= 0.3 is 11.9 Å². The van der Waals surface area contributed by atoms with Crippen molar-refractivity contribution in [3.05, 3.63) is 97.2 Å². The molecule has 0 N–H and O–H groups in total. The van der Waals surface area contributed by atoms with E-state index < -0.39 is 6.10 Å². The van der Waals surface area contributed by atoms with E-state index in [4.69, 9.17) is 14.2 Å². The van der Waals surface area contributed by atoms with Crippen LogP contribution in [0.3, 0.4) is 0 Å². The lowest BCUT2D eigenvalue weighted by Crippen LogP contribution is -2.30. The Balaban J connectivity index is 4.34. The van der Waals surface area contributed by atoms with Crippen LogP contribution in [0.25, 0.3) is 0 Å². The zero-order chi connectivity index (χ0) is 46.3. The molecule has 366 valence electrons. The molecule has 0 aliphatic rings. The summed E-state index contributed by atoms with van der Waals surface area (Å²) in [6.45, 7) is 7.52. The van der Waals surface area contributed by atoms with Crippen LogP contribution in [0.5, 0.6) is 0 Å². The van der Waals surface area contributed by atoms with Crippen LogP contribution in [-0.2, 0) is 23.8 Å². The Morgan fingerprint density at radius 1 is 0.359 bits per heavy atom. The Hall–Kier alpha value is -3.18. The minimum absolute atomic E-state index is 0.0464. The average molecular weight is 889 g/mol. The summed E-state index contributed by atoms with van der Waals surface area (Å²) in [6, 6.07) is 0. The number of carbonyl (C=O) groups is 2. The van der Waals surface area contributed by atoms with E-state index in [1.54, 1.807) is 0 Å². The van der Waals surface area contributed by atoms with Crippen molar-refractivity contribution in [1.29, 1.82) is 0 Å². The monoisotopic (exact) mass is 889 g/mol. The van der Waals surface area contributed by atoms with Crippen LogP contribution in [0.1, 0.15) is 239 Å². The van der Waals surface area contributed by atoms with Crippen molar-refractivity contribution >= 4 is 11.9 Å². The van der Waals surface area contributed by atoms with Gasteiger partial charge < -0.3 is 14.2 Å². The molecule has 0 aliphatic heterocycles. The number of esters is 2. The molecule has 0 amide bonds. The second-order valence-corrected chi connectivity index (χ2v) is 17.4. The first kappa shape index (κ1) is 60.8. The second kappa shape index (κ2) is 54.2. The van der Waals surface area contributed by atoms with Crippen LogP contribution < -0.4 is 0 Å². The van der Waals surface area contributed by atoms with Gasteiger partial charge in [0.1, 0.15) is 6.61 Å². The van der Waals surface area contributed by atoms with Crippen molar-refractivity contribution in [3.8, 4) is 0 Å². The van der Waals surface area contributed by atoms with Gasteiger partial charge in [-0.1, -0.05) is 240 Å². The normalized spacial score (nSPS) is 13.0. The highest BCUT2D eigenvalue weighted by Gasteiger charge is 2.17. The molecule has 0 rings (SSSR count). The van der Waals surface area contributed by atoms with Gasteiger partial charge in [0.15, 0.2) is 6.10 Å². The van der Waals surface area contributed by atoms with Crippen LogP contribution in [0.4, 0.5) is 0 Å². The van der Waals surface area contributed by atoms with Gasteiger partial charge in [0.25, 0.3) is 0 Å². The molecule has 0 saturated heterocycles. The summed E-state index contributed by atoms with van der Waals surface area (Å²) in [6.07, 6.45) is 72.9. The first-order valence-electron chi connectivity index (χ1n) is 26.8. The lowest BCUT2D eigenvalue weighted by atomic mass is 10.0. The first-order valence-corrected chi connectivity index (χ1v) is 26.8. The topological polar surface area (TPSA) is 61.8 Å². The standard InChI is InChI=1S/C59H100O5/c1-4-7-10-13-16-19-22-25-27-29-30-31-32-35-37-40-43-46-49-52-58(60)63-56-57(64-59(61)53-50-47-44-41-38-34-24-21-18-15-12-9-6-3)55-62-54-51-48-45-42-39-36-33-28-26-23-20-17-14-11-8-5-2/h7,9-10,12,16,18-19,21,25,27,30-31,34,38,44,47,57H,4-6,8,11,13-15,17,20,22-24,26,28-29,32-33,35-37,39-43,45-46,48-56H2,1-3H3/b10-7-,12-9-,19-16-,21-18-,27-25-,31-30-,38-34-,47-44-. The van der Waals surface area contributed by atoms with Crippen molar-refractivity contribution in [2.45, 2.75) is 245 Å². The summed E-state index contributed by atoms with van der Waals surface area (Å²) in [5.74, 6) is -0.505. The zero-order valence-corrected chi connectivity index (χ0v) is 42.0. The predicted octanol–water partition coefficient (Wildman–Crippen LogP) is 18.2. The Morgan fingerprint density at radius 2 is 0.734 bits per heavy atom. The third-order valence-electron chi connectivity index (χ3n) is 11.1. The van der Waals surface area contributed by atoms with Gasteiger partial charge in [0, 0.05) is 19.4 Å². The molecule has 0 aromatic heterocycles. The minimum atomic E-state index is -0.583. The highest BCUT2D eigenvalue weighted by Crippen LogP contribution is 2.15. The summed E-state index contributed by atoms with van der Waals surface area (Å²) in [5, 5.41) is 0. The number of ether oxygens (including phenoxy) is 3. The van der Waals surface area contributed by atoms with Crippen molar-refractivity contribution in [2.75, 3.05) is 19.8 Å². The number of unbranched alkanes of at least 4 members (excludes halogenated alkanes) is 21. The SMILES string of the molecule is CC/C=C\C/C=C\C/C=C\C/C=C\CCCCCCCCC(=O)OCC(COCCCCCCCCCCCCCCCCCC)OC(=O)CC/C=C\C/C=C\C/C=C\C/C=C\CC. The van der Waals surface area contributed by atoms with Crippen molar-refractivity contribution < 1.29 is 23.8 Å². The molecule has 0 aliphatic carbocycles. The highest BCUT2D eigenvalue weighted by atomic mass is 16.6. The van der Waals surface area contributed by atoms with Crippen LogP contribution >= 0.6 is 0 Å². The number of rotatable bonds is 48. The second-order valence-electron chi connectivity index (χ2n) is 17.4. The molecule has 5 nitrogen and oxygen atoms in total. The van der Waals surface area contributed by atoms with Crippen LogP contribution in [0, 0.1) is 0 Å². The van der Waals surface area contributed by atoms with Gasteiger partial charge in [-0.05, 0) is 83.5 Å². The zero-order valence-electron chi connectivity index (χ0n) is 42.0. The maximum atomic E-state index is 12.8. The number of hydrogen-bond donors (Lipinski definition) is 0. The van der Waals surface area contributed by atoms with Crippen LogP contribution in [0.2, 0.25) is 0 Å². The summed E-state index contributed by atoms with van der Waals surface area (Å²) >= 11 is 0. The van der Waals surface area contributed by atoms with E-state index in [0.717, 1.165) is 89.9 Å². The van der Waals surface area contributed by atoms with E-state index >= 15 is 0 Å². The molecule has 0 radical (unpaired) electrons. The largest absolute Gasteiger partial charge is 0.462 e. The summed E-state index contributed by atoms with van der Waals surface area (Å²) in [4.78, 5) is 25.4. The molecule has 0 saturated carbocycles. The van der Waals surface area contributed by atoms with Gasteiger partial charge in [-0.3, -0.25) is 9.59 Å². The average Bonchev–Trinajstić information content (AvgIpc) is 3.30. The molecule has 0 aromatic rings. The molecule has 0 fully saturated rings. The van der Waals surface area contributed by atoms with Gasteiger partial charge in [0.2, 0.25) is 0 Å². The number of allylic oxidation sites excluding steroid dienone is 16. The predicted molar refractivity (Wildman–Crippen MR) is 279 cm³/mol. The van der Waals surface area contributed by atoms with Crippen molar-refractivity contribution in [2.24, 2.45) is 0 Å². The van der Waals surface area contributed by atoms with Crippen LogP contribution in [-0.4, -0.2) is 37.9 Å². The maximum absolute atomic E-state index is 12.8. The molecule has 5 heteroatoms. The van der Waals surface area contributed by atoms with Gasteiger partial charge in [0.05, 0.1) is 6.61 Å². The third kappa shape index (κ3) is 51.5. The molecule has 1 unspecified atom stereocenters. The lowest BCUT2D eigenvalue weighted by Gasteiger charge is -2.18.